The Balaban J connectivity index is 1.93. The van der Waals surface area contributed by atoms with Crippen molar-refractivity contribution in [2.24, 2.45) is 0 Å². The zero-order valence-electron chi connectivity index (χ0n) is 12.9. The molecular weight excluding hydrogens is 341 g/mol. The maximum atomic E-state index is 13.2. The van der Waals surface area contributed by atoms with E-state index in [2.05, 4.69) is 15.0 Å². The number of halogens is 3. The van der Waals surface area contributed by atoms with Gasteiger partial charge in [0.15, 0.2) is 5.16 Å². The summed E-state index contributed by atoms with van der Waals surface area (Å²) in [5.74, 6) is -0.0978. The summed E-state index contributed by atoms with van der Waals surface area (Å²) in [5.41, 5.74) is 0.209. The van der Waals surface area contributed by atoms with Gasteiger partial charge in [-0.05, 0) is 24.8 Å². The minimum Gasteiger partial charge on any atom is -0.355 e. The van der Waals surface area contributed by atoms with Gasteiger partial charge < -0.3 is 9.88 Å². The molecule has 1 aliphatic rings. The van der Waals surface area contributed by atoms with E-state index in [1.807, 2.05) is 0 Å². The van der Waals surface area contributed by atoms with Gasteiger partial charge in [0.25, 0.3) is 5.56 Å². The van der Waals surface area contributed by atoms with Crippen LogP contribution in [-0.4, -0.2) is 34.3 Å². The number of hydrogen-bond donors (Lipinski definition) is 1. The van der Waals surface area contributed by atoms with Crippen molar-refractivity contribution >= 4 is 17.6 Å². The summed E-state index contributed by atoms with van der Waals surface area (Å²) in [4.78, 5) is 24.7. The fourth-order valence-electron chi connectivity index (χ4n) is 2.76. The largest absolute Gasteiger partial charge is 0.419 e. The number of H-pyrrole nitrogens is 1. The van der Waals surface area contributed by atoms with Crippen LogP contribution in [-0.2, 0) is 19.0 Å². The zero-order chi connectivity index (χ0) is 17.3. The van der Waals surface area contributed by atoms with Gasteiger partial charge in [-0.15, -0.1) is 0 Å². The maximum absolute atomic E-state index is 13.2. The third-order valence-electron chi connectivity index (χ3n) is 3.91. The van der Waals surface area contributed by atoms with Crippen LogP contribution in [0, 0.1) is 0 Å². The molecule has 128 valence electrons. The van der Waals surface area contributed by atoms with E-state index < -0.39 is 11.7 Å². The van der Waals surface area contributed by atoms with Crippen molar-refractivity contribution in [1.82, 2.24) is 15.0 Å². The van der Waals surface area contributed by atoms with Crippen LogP contribution in [0.1, 0.15) is 16.8 Å². The first-order valence-electron chi connectivity index (χ1n) is 7.33. The lowest BCUT2D eigenvalue weighted by Crippen LogP contribution is -2.29. The normalized spacial score (nSPS) is 15.1. The predicted molar refractivity (Wildman–Crippen MR) is 85.5 cm³/mol. The Labute approximate surface area is 140 Å². The second-order valence-electron chi connectivity index (χ2n) is 5.36. The molecule has 0 saturated carbocycles. The number of pyridine rings is 1. The minimum atomic E-state index is -4.47. The van der Waals surface area contributed by atoms with Crippen LogP contribution < -0.4 is 10.5 Å². The second-order valence-corrected chi connectivity index (χ2v) is 6.15. The smallest absolute Gasteiger partial charge is 0.355 e. The van der Waals surface area contributed by atoms with Gasteiger partial charge in [-0.2, -0.15) is 13.2 Å². The molecule has 3 rings (SSSR count). The first kappa shape index (κ1) is 16.8. The van der Waals surface area contributed by atoms with Gasteiger partial charge in [0, 0.05) is 31.3 Å². The second kappa shape index (κ2) is 6.46. The summed E-state index contributed by atoms with van der Waals surface area (Å²) in [6, 6.07) is 2.30. The Hall–Kier alpha value is -2.03. The summed E-state index contributed by atoms with van der Waals surface area (Å²) in [6.45, 7) is 0.619. The molecule has 0 amide bonds. The van der Waals surface area contributed by atoms with Gasteiger partial charge >= 0.3 is 6.18 Å². The number of nitrogens with zero attached hydrogens (tertiary/aromatic N) is 3. The van der Waals surface area contributed by atoms with Crippen molar-refractivity contribution in [3.05, 3.63) is 45.5 Å². The molecule has 3 heterocycles. The summed E-state index contributed by atoms with van der Waals surface area (Å²) in [7, 11) is 0. The molecule has 2 aromatic heterocycles. The van der Waals surface area contributed by atoms with Gasteiger partial charge in [0.1, 0.15) is 5.82 Å². The first-order valence-corrected chi connectivity index (χ1v) is 8.56. The van der Waals surface area contributed by atoms with Gasteiger partial charge in [-0.3, -0.25) is 4.79 Å². The van der Waals surface area contributed by atoms with Crippen LogP contribution >= 0.6 is 11.8 Å². The third-order valence-corrected chi connectivity index (χ3v) is 4.49. The number of thioether (sulfide) groups is 1. The molecule has 0 radical (unpaired) electrons. The van der Waals surface area contributed by atoms with Gasteiger partial charge in [0.2, 0.25) is 0 Å². The lowest BCUT2D eigenvalue weighted by molar-refractivity contribution is -0.137. The number of fused-ring (bicyclic) bond motifs is 1. The molecule has 5 nitrogen and oxygen atoms in total. The molecule has 24 heavy (non-hydrogen) atoms. The third kappa shape index (κ3) is 3.26. The quantitative estimate of drug-likeness (QED) is 0.662. The van der Waals surface area contributed by atoms with E-state index in [1.165, 1.54) is 24.0 Å². The number of anilines is 1. The maximum Gasteiger partial charge on any atom is 0.419 e. The molecule has 0 bridgehead atoms. The Kier molecular flexibility index (Phi) is 4.53. The molecule has 9 heteroatoms. The number of aromatic nitrogens is 3. The highest BCUT2D eigenvalue weighted by Gasteiger charge is 2.36. The lowest BCUT2D eigenvalue weighted by atomic mass is 10.1. The van der Waals surface area contributed by atoms with Crippen molar-refractivity contribution in [2.45, 2.75) is 24.2 Å². The van der Waals surface area contributed by atoms with E-state index in [-0.39, 0.29) is 17.9 Å². The Morgan fingerprint density at radius 3 is 2.75 bits per heavy atom. The minimum absolute atomic E-state index is 0.0978. The van der Waals surface area contributed by atoms with E-state index in [9.17, 15) is 18.0 Å². The van der Waals surface area contributed by atoms with E-state index in [1.54, 1.807) is 11.2 Å². The highest BCUT2D eigenvalue weighted by Crippen LogP contribution is 2.35. The lowest BCUT2D eigenvalue weighted by Gasteiger charge is -2.24. The number of hydrogen-bond acceptors (Lipinski definition) is 5. The molecular formula is C15H15F3N4OS. The van der Waals surface area contributed by atoms with E-state index in [4.69, 9.17) is 0 Å². The van der Waals surface area contributed by atoms with Crippen LogP contribution in [0.5, 0.6) is 0 Å². The summed E-state index contributed by atoms with van der Waals surface area (Å²) in [6.07, 6.45) is -0.581. The Morgan fingerprint density at radius 2 is 2.04 bits per heavy atom. The molecule has 0 saturated heterocycles. The molecule has 0 atom stereocenters. The predicted octanol–water partition coefficient (Wildman–Crippen LogP) is 2.51. The molecule has 0 aromatic carbocycles. The fraction of sp³-hybridized carbons (Fsp3) is 0.400. The molecule has 1 aliphatic heterocycles. The average molecular weight is 356 g/mol. The number of aromatic amines is 1. The summed E-state index contributed by atoms with van der Waals surface area (Å²) >= 11 is 1.32. The Morgan fingerprint density at radius 1 is 1.29 bits per heavy atom. The van der Waals surface area contributed by atoms with Gasteiger partial charge in [-0.25, -0.2) is 9.97 Å². The molecule has 1 N–H and O–H groups in total. The van der Waals surface area contributed by atoms with Crippen LogP contribution in [0.4, 0.5) is 19.0 Å². The van der Waals surface area contributed by atoms with Crippen LogP contribution in [0.15, 0.2) is 28.3 Å². The van der Waals surface area contributed by atoms with Crippen molar-refractivity contribution < 1.29 is 13.2 Å². The zero-order valence-corrected chi connectivity index (χ0v) is 13.7. The van der Waals surface area contributed by atoms with Crippen molar-refractivity contribution in [3.63, 3.8) is 0 Å². The monoisotopic (exact) mass is 356 g/mol. The molecule has 0 spiro atoms. The standard InChI is InChI=1S/C15H15F3N4OS/c1-24-14-20-11-5-8-22(7-4-9(11)13(23)21-14)12-10(15(16,17)18)3-2-6-19-12/h2-3,6H,4-5,7-8H2,1H3,(H,20,21,23). The SMILES string of the molecule is CSc1nc2c(c(=O)[nH]1)CCN(c1ncccc1C(F)(F)F)CC2. The molecule has 0 fully saturated rings. The Bertz CT molecular complexity index is 806. The highest BCUT2D eigenvalue weighted by molar-refractivity contribution is 7.98. The highest BCUT2D eigenvalue weighted by atomic mass is 32.2. The van der Waals surface area contributed by atoms with Crippen LogP contribution in [0.25, 0.3) is 0 Å². The van der Waals surface area contributed by atoms with Crippen molar-refractivity contribution in [3.8, 4) is 0 Å². The van der Waals surface area contributed by atoms with Gasteiger partial charge in [0.05, 0.1) is 11.3 Å². The molecule has 0 unspecified atom stereocenters. The number of rotatable bonds is 2. The van der Waals surface area contributed by atoms with Gasteiger partial charge in [-0.1, -0.05) is 11.8 Å². The average Bonchev–Trinajstić information content (AvgIpc) is 2.77. The molecule has 2 aromatic rings. The topological polar surface area (TPSA) is 61.9 Å². The molecule has 0 aliphatic carbocycles. The first-order chi connectivity index (χ1) is 11.4. The fourth-order valence-corrected chi connectivity index (χ4v) is 3.16. The summed E-state index contributed by atoms with van der Waals surface area (Å²) < 4.78 is 39.6. The van der Waals surface area contributed by atoms with Crippen molar-refractivity contribution in [1.29, 1.82) is 0 Å². The number of alkyl halides is 3. The van der Waals surface area contributed by atoms with E-state index >= 15 is 0 Å². The van der Waals surface area contributed by atoms with E-state index in [0.717, 1.165) is 6.07 Å². The van der Waals surface area contributed by atoms with Crippen LogP contribution in [0.2, 0.25) is 0 Å². The number of nitrogens with one attached hydrogen (secondary N) is 1. The summed E-state index contributed by atoms with van der Waals surface area (Å²) in [5, 5.41) is 0.515. The van der Waals surface area contributed by atoms with Crippen LogP contribution in [0.3, 0.4) is 0 Å². The van der Waals surface area contributed by atoms with E-state index in [0.29, 0.717) is 35.8 Å². The van der Waals surface area contributed by atoms with Crippen molar-refractivity contribution in [2.75, 3.05) is 24.2 Å².